The minimum Gasteiger partial charge on any atom is -0.489 e. The minimum absolute atomic E-state index is 0.128. The van der Waals surface area contributed by atoms with Gasteiger partial charge in [-0.05, 0) is 56.0 Å². The molecule has 0 bridgehead atoms. The van der Waals surface area contributed by atoms with Gasteiger partial charge >= 0.3 is 0 Å². The standard InChI is InChI=1S/C17H22N2O/c1-11(2)20-15-8-14(9-19-10-15)17(18)16-12(3)6-5-7-13(16)4/h5-11,17H,18H2,1-4H3. The summed E-state index contributed by atoms with van der Waals surface area (Å²) in [5.74, 6) is 0.763. The lowest BCUT2D eigenvalue weighted by Crippen LogP contribution is -2.15. The van der Waals surface area contributed by atoms with Crippen LogP contribution in [0.3, 0.4) is 0 Å². The maximum Gasteiger partial charge on any atom is 0.138 e. The minimum atomic E-state index is -0.181. The van der Waals surface area contributed by atoms with Gasteiger partial charge in [-0.1, -0.05) is 18.2 Å². The lowest BCUT2D eigenvalue weighted by atomic mass is 9.93. The van der Waals surface area contributed by atoms with Gasteiger partial charge in [0.15, 0.2) is 0 Å². The summed E-state index contributed by atoms with van der Waals surface area (Å²) >= 11 is 0. The van der Waals surface area contributed by atoms with Crippen molar-refractivity contribution in [3.63, 3.8) is 0 Å². The van der Waals surface area contributed by atoms with Crippen LogP contribution in [0.4, 0.5) is 0 Å². The average molecular weight is 270 g/mol. The van der Waals surface area contributed by atoms with Crippen molar-refractivity contribution < 1.29 is 4.74 Å². The van der Waals surface area contributed by atoms with E-state index in [9.17, 15) is 0 Å². The molecule has 1 atom stereocenters. The number of aryl methyl sites for hydroxylation is 2. The first-order chi connectivity index (χ1) is 9.49. The number of nitrogens with two attached hydrogens (primary N) is 1. The molecule has 0 radical (unpaired) electrons. The summed E-state index contributed by atoms with van der Waals surface area (Å²) in [6.45, 7) is 8.17. The van der Waals surface area contributed by atoms with Crippen molar-refractivity contribution in [2.24, 2.45) is 5.73 Å². The van der Waals surface area contributed by atoms with Crippen molar-refractivity contribution in [2.75, 3.05) is 0 Å². The van der Waals surface area contributed by atoms with E-state index in [1.54, 1.807) is 6.20 Å². The van der Waals surface area contributed by atoms with Crippen LogP contribution in [0.1, 0.15) is 42.1 Å². The van der Waals surface area contributed by atoms with Gasteiger partial charge in [0.05, 0.1) is 18.3 Å². The SMILES string of the molecule is Cc1cccc(C)c1C(N)c1cncc(OC(C)C)c1. The Hall–Kier alpha value is -1.87. The number of hydrogen-bond donors (Lipinski definition) is 1. The maximum absolute atomic E-state index is 6.42. The van der Waals surface area contributed by atoms with E-state index in [4.69, 9.17) is 10.5 Å². The molecule has 1 aromatic heterocycles. The van der Waals surface area contributed by atoms with Crippen LogP contribution in [-0.4, -0.2) is 11.1 Å². The Morgan fingerprint density at radius 2 is 1.75 bits per heavy atom. The molecule has 106 valence electrons. The Morgan fingerprint density at radius 3 is 2.35 bits per heavy atom. The van der Waals surface area contributed by atoms with Gasteiger partial charge in [0.1, 0.15) is 5.75 Å². The second kappa shape index (κ2) is 6.06. The largest absolute Gasteiger partial charge is 0.489 e. The summed E-state index contributed by atoms with van der Waals surface area (Å²) < 4.78 is 5.68. The number of ether oxygens (including phenoxy) is 1. The number of hydrogen-bond acceptors (Lipinski definition) is 3. The first-order valence-electron chi connectivity index (χ1n) is 6.92. The third-order valence-electron chi connectivity index (χ3n) is 3.32. The smallest absolute Gasteiger partial charge is 0.138 e. The molecule has 1 unspecified atom stereocenters. The monoisotopic (exact) mass is 270 g/mol. The highest BCUT2D eigenvalue weighted by Crippen LogP contribution is 2.27. The molecule has 20 heavy (non-hydrogen) atoms. The molecule has 0 spiro atoms. The molecule has 1 aromatic carbocycles. The van der Waals surface area contributed by atoms with E-state index in [1.807, 2.05) is 26.1 Å². The van der Waals surface area contributed by atoms with Crippen molar-refractivity contribution in [1.82, 2.24) is 4.98 Å². The maximum atomic E-state index is 6.42. The van der Waals surface area contributed by atoms with Crippen LogP contribution in [0.25, 0.3) is 0 Å². The number of benzene rings is 1. The van der Waals surface area contributed by atoms with E-state index in [1.165, 1.54) is 11.1 Å². The van der Waals surface area contributed by atoms with Crippen LogP contribution >= 0.6 is 0 Å². The highest BCUT2D eigenvalue weighted by molar-refractivity contribution is 5.42. The fourth-order valence-electron chi connectivity index (χ4n) is 2.43. The molecular weight excluding hydrogens is 248 g/mol. The lowest BCUT2D eigenvalue weighted by molar-refractivity contribution is 0.241. The van der Waals surface area contributed by atoms with Crippen LogP contribution < -0.4 is 10.5 Å². The highest BCUT2D eigenvalue weighted by atomic mass is 16.5. The molecule has 0 aliphatic carbocycles. The third kappa shape index (κ3) is 3.17. The molecular formula is C17H22N2O. The number of pyridine rings is 1. The zero-order valence-electron chi connectivity index (χ0n) is 12.6. The molecule has 0 aliphatic rings. The molecule has 0 amide bonds. The third-order valence-corrected chi connectivity index (χ3v) is 3.32. The van der Waals surface area contributed by atoms with Crippen LogP contribution in [0.15, 0.2) is 36.7 Å². The number of aromatic nitrogens is 1. The Labute approximate surface area is 120 Å². The predicted octanol–water partition coefficient (Wildman–Crippen LogP) is 3.53. The second-order valence-corrected chi connectivity index (χ2v) is 5.40. The van der Waals surface area contributed by atoms with E-state index in [2.05, 4.69) is 37.0 Å². The molecule has 1 heterocycles. The number of rotatable bonds is 4. The van der Waals surface area contributed by atoms with E-state index < -0.39 is 0 Å². The van der Waals surface area contributed by atoms with Crippen LogP contribution in [-0.2, 0) is 0 Å². The van der Waals surface area contributed by atoms with Crippen molar-refractivity contribution in [2.45, 2.75) is 39.8 Å². The van der Waals surface area contributed by atoms with Gasteiger partial charge in [0.25, 0.3) is 0 Å². The highest BCUT2D eigenvalue weighted by Gasteiger charge is 2.15. The first kappa shape index (κ1) is 14.5. The normalized spacial score (nSPS) is 12.5. The lowest BCUT2D eigenvalue weighted by Gasteiger charge is -2.18. The second-order valence-electron chi connectivity index (χ2n) is 5.40. The van der Waals surface area contributed by atoms with Gasteiger partial charge in [-0.2, -0.15) is 0 Å². The number of nitrogens with zero attached hydrogens (tertiary/aromatic N) is 1. The molecule has 3 heteroatoms. The van der Waals surface area contributed by atoms with Gasteiger partial charge in [-0.3, -0.25) is 4.98 Å². The molecule has 0 fully saturated rings. The summed E-state index contributed by atoms with van der Waals surface area (Å²) in [6.07, 6.45) is 3.66. The van der Waals surface area contributed by atoms with Crippen molar-refractivity contribution in [3.05, 3.63) is 58.9 Å². The van der Waals surface area contributed by atoms with Gasteiger partial charge in [0.2, 0.25) is 0 Å². The van der Waals surface area contributed by atoms with Crippen molar-refractivity contribution >= 4 is 0 Å². The molecule has 0 aliphatic heterocycles. The van der Waals surface area contributed by atoms with E-state index >= 15 is 0 Å². The van der Waals surface area contributed by atoms with Gasteiger partial charge in [0, 0.05) is 6.20 Å². The Morgan fingerprint density at radius 1 is 1.10 bits per heavy atom. The quantitative estimate of drug-likeness (QED) is 0.924. The zero-order chi connectivity index (χ0) is 14.7. The Kier molecular flexibility index (Phi) is 4.40. The molecule has 2 N–H and O–H groups in total. The Balaban J connectivity index is 2.36. The summed E-state index contributed by atoms with van der Waals surface area (Å²) in [5.41, 5.74) is 11.0. The molecule has 0 saturated carbocycles. The van der Waals surface area contributed by atoms with Crippen molar-refractivity contribution in [3.8, 4) is 5.75 Å². The zero-order valence-corrected chi connectivity index (χ0v) is 12.6. The summed E-state index contributed by atoms with van der Waals surface area (Å²) in [7, 11) is 0. The van der Waals surface area contributed by atoms with E-state index in [-0.39, 0.29) is 12.1 Å². The summed E-state index contributed by atoms with van der Waals surface area (Å²) in [4.78, 5) is 4.24. The molecule has 2 rings (SSSR count). The predicted molar refractivity (Wildman–Crippen MR) is 81.9 cm³/mol. The van der Waals surface area contributed by atoms with E-state index in [0.29, 0.717) is 0 Å². The molecule has 0 saturated heterocycles. The topological polar surface area (TPSA) is 48.1 Å². The van der Waals surface area contributed by atoms with Crippen molar-refractivity contribution in [1.29, 1.82) is 0 Å². The van der Waals surface area contributed by atoms with Gasteiger partial charge in [-0.15, -0.1) is 0 Å². The van der Waals surface area contributed by atoms with Gasteiger partial charge in [-0.25, -0.2) is 0 Å². The Bertz CT molecular complexity index is 573. The van der Waals surface area contributed by atoms with Gasteiger partial charge < -0.3 is 10.5 Å². The average Bonchev–Trinajstić information content (AvgIpc) is 2.38. The molecule has 2 aromatic rings. The van der Waals surface area contributed by atoms with E-state index in [0.717, 1.165) is 16.9 Å². The molecule has 3 nitrogen and oxygen atoms in total. The first-order valence-corrected chi connectivity index (χ1v) is 6.92. The summed E-state index contributed by atoms with van der Waals surface area (Å²) in [5, 5.41) is 0. The van der Waals surface area contributed by atoms with Crippen LogP contribution in [0.5, 0.6) is 5.75 Å². The van der Waals surface area contributed by atoms with Crippen LogP contribution in [0, 0.1) is 13.8 Å². The summed E-state index contributed by atoms with van der Waals surface area (Å²) in [6, 6.07) is 8.02. The fraction of sp³-hybridized carbons (Fsp3) is 0.353. The van der Waals surface area contributed by atoms with Crippen LogP contribution in [0.2, 0.25) is 0 Å². The fourth-order valence-corrected chi connectivity index (χ4v) is 2.43.